The van der Waals surface area contributed by atoms with Crippen LogP contribution in [0, 0.1) is 0 Å². The monoisotopic (exact) mass is 438 g/mol. The smallest absolute Gasteiger partial charge is 0.237 e. The molecule has 1 aliphatic carbocycles. The number of thioether (sulfide) groups is 1. The lowest BCUT2D eigenvalue weighted by atomic mass is 9.83. The summed E-state index contributed by atoms with van der Waals surface area (Å²) in [7, 11) is 0. The zero-order valence-electron chi connectivity index (χ0n) is 15.4. The zero-order chi connectivity index (χ0) is 19.4. The van der Waals surface area contributed by atoms with Crippen molar-refractivity contribution in [2.24, 2.45) is 0 Å². The van der Waals surface area contributed by atoms with E-state index in [1.54, 1.807) is 11.3 Å². The number of thiophene rings is 1. The molecule has 2 fully saturated rings. The molecule has 28 heavy (non-hydrogen) atoms. The van der Waals surface area contributed by atoms with Crippen molar-refractivity contribution >= 4 is 51.4 Å². The number of morpholine rings is 1. The first kappa shape index (κ1) is 19.8. The second-order valence-corrected chi connectivity index (χ2v) is 10.0. The van der Waals surface area contributed by atoms with Crippen LogP contribution in [-0.2, 0) is 19.7 Å². The summed E-state index contributed by atoms with van der Waals surface area (Å²) in [6, 6.07) is 4.05. The van der Waals surface area contributed by atoms with Crippen LogP contribution in [0.15, 0.2) is 21.9 Å². The molecule has 2 aromatic rings. The van der Waals surface area contributed by atoms with E-state index in [4.69, 9.17) is 4.74 Å². The fourth-order valence-electron chi connectivity index (χ4n) is 3.68. The Labute approximate surface area is 175 Å². The Bertz CT molecular complexity index is 812. The molecule has 4 rings (SSSR count). The van der Waals surface area contributed by atoms with Crippen molar-refractivity contribution < 1.29 is 14.3 Å². The van der Waals surface area contributed by atoms with Crippen LogP contribution in [0.5, 0.6) is 0 Å². The number of rotatable bonds is 6. The molecule has 0 atom stereocenters. The lowest BCUT2D eigenvalue weighted by Crippen LogP contribution is -2.41. The van der Waals surface area contributed by atoms with Gasteiger partial charge in [-0.2, -0.15) is 0 Å². The number of carbonyl (C=O) groups is 2. The average Bonchev–Trinajstić information content (AvgIpc) is 3.48. The average molecular weight is 439 g/mol. The molecular formula is C18H22N4O3S3. The van der Waals surface area contributed by atoms with E-state index in [0.717, 1.165) is 30.6 Å². The standard InChI is InChI=1S/C18H22N4O3S3/c23-14(22-7-9-25-10-8-22)12-27-17-21-20-16(28-17)19-15(24)18(5-1-2-6-18)13-4-3-11-26-13/h3-4,11H,1-2,5-10,12H2,(H,19,20,24). The summed E-state index contributed by atoms with van der Waals surface area (Å²) in [5.41, 5.74) is -0.445. The predicted molar refractivity (Wildman–Crippen MR) is 111 cm³/mol. The summed E-state index contributed by atoms with van der Waals surface area (Å²) in [6.07, 6.45) is 3.86. The molecule has 1 N–H and O–H groups in total. The van der Waals surface area contributed by atoms with E-state index < -0.39 is 5.41 Å². The lowest BCUT2D eigenvalue weighted by molar-refractivity contribution is -0.132. The molecule has 150 valence electrons. The van der Waals surface area contributed by atoms with E-state index in [9.17, 15) is 9.59 Å². The number of hydrogen-bond donors (Lipinski definition) is 1. The Kier molecular flexibility index (Phi) is 6.29. The number of ether oxygens (including phenoxy) is 1. The molecule has 0 aromatic carbocycles. The Morgan fingerprint density at radius 3 is 2.75 bits per heavy atom. The van der Waals surface area contributed by atoms with E-state index >= 15 is 0 Å². The minimum atomic E-state index is -0.445. The number of anilines is 1. The number of aromatic nitrogens is 2. The highest BCUT2D eigenvalue weighted by atomic mass is 32.2. The van der Waals surface area contributed by atoms with Crippen LogP contribution >= 0.6 is 34.4 Å². The fraction of sp³-hybridized carbons (Fsp3) is 0.556. The van der Waals surface area contributed by atoms with Gasteiger partial charge in [0.05, 0.1) is 24.4 Å². The van der Waals surface area contributed by atoms with E-state index in [0.29, 0.717) is 41.5 Å². The number of nitrogens with zero attached hydrogens (tertiary/aromatic N) is 3. The summed E-state index contributed by atoms with van der Waals surface area (Å²) in [5.74, 6) is 0.406. The molecule has 0 radical (unpaired) electrons. The Morgan fingerprint density at radius 2 is 2.04 bits per heavy atom. The maximum atomic E-state index is 13.1. The summed E-state index contributed by atoms with van der Waals surface area (Å²) < 4.78 is 5.96. The maximum Gasteiger partial charge on any atom is 0.237 e. The molecule has 1 saturated heterocycles. The first-order valence-corrected chi connectivity index (χ1v) is 12.0. The second-order valence-electron chi connectivity index (χ2n) is 6.88. The number of nitrogens with one attached hydrogen (secondary N) is 1. The lowest BCUT2D eigenvalue weighted by Gasteiger charge is -2.26. The van der Waals surface area contributed by atoms with Crippen molar-refractivity contribution in [3.05, 3.63) is 22.4 Å². The zero-order valence-corrected chi connectivity index (χ0v) is 17.8. The van der Waals surface area contributed by atoms with E-state index in [2.05, 4.69) is 15.5 Å². The van der Waals surface area contributed by atoms with Crippen molar-refractivity contribution in [3.63, 3.8) is 0 Å². The van der Waals surface area contributed by atoms with Crippen LogP contribution < -0.4 is 5.32 Å². The van der Waals surface area contributed by atoms with Gasteiger partial charge in [0.15, 0.2) is 4.34 Å². The quantitative estimate of drug-likeness (QED) is 0.551. The molecule has 0 unspecified atom stereocenters. The number of hydrogen-bond acceptors (Lipinski definition) is 8. The topological polar surface area (TPSA) is 84.4 Å². The van der Waals surface area contributed by atoms with Gasteiger partial charge in [-0.1, -0.05) is 42.0 Å². The highest BCUT2D eigenvalue weighted by Crippen LogP contribution is 2.44. The van der Waals surface area contributed by atoms with Gasteiger partial charge in [-0.15, -0.1) is 21.5 Å². The van der Waals surface area contributed by atoms with Gasteiger partial charge in [-0.05, 0) is 24.3 Å². The Hall–Kier alpha value is -1.49. The minimum absolute atomic E-state index is 0.00421. The fourth-order valence-corrected chi connectivity index (χ4v) is 6.31. The van der Waals surface area contributed by atoms with Crippen LogP contribution in [0.1, 0.15) is 30.6 Å². The van der Waals surface area contributed by atoms with Crippen LogP contribution in [0.2, 0.25) is 0 Å². The summed E-state index contributed by atoms with van der Waals surface area (Å²) >= 11 is 4.32. The van der Waals surface area contributed by atoms with Gasteiger partial charge < -0.3 is 9.64 Å². The van der Waals surface area contributed by atoms with Crippen molar-refractivity contribution in [1.29, 1.82) is 0 Å². The molecule has 7 nitrogen and oxygen atoms in total. The second kappa shape index (κ2) is 8.89. The van der Waals surface area contributed by atoms with Gasteiger partial charge >= 0.3 is 0 Å². The molecule has 2 aromatic heterocycles. The molecule has 1 aliphatic heterocycles. The van der Waals surface area contributed by atoms with Gasteiger partial charge in [0.2, 0.25) is 16.9 Å². The van der Waals surface area contributed by atoms with Gasteiger partial charge in [0, 0.05) is 18.0 Å². The largest absolute Gasteiger partial charge is 0.378 e. The van der Waals surface area contributed by atoms with Crippen LogP contribution in [0.3, 0.4) is 0 Å². The minimum Gasteiger partial charge on any atom is -0.378 e. The van der Waals surface area contributed by atoms with Crippen LogP contribution in [-0.4, -0.2) is 59.0 Å². The van der Waals surface area contributed by atoms with Crippen LogP contribution in [0.4, 0.5) is 5.13 Å². The maximum absolute atomic E-state index is 13.1. The SMILES string of the molecule is O=C(CSc1nnc(NC(=O)C2(c3cccs3)CCCC2)s1)N1CCOCC1. The first-order valence-electron chi connectivity index (χ1n) is 9.35. The van der Waals surface area contributed by atoms with Gasteiger partial charge in [-0.25, -0.2) is 0 Å². The normalized spacial score (nSPS) is 18.9. The van der Waals surface area contributed by atoms with Gasteiger partial charge in [0.25, 0.3) is 0 Å². The summed E-state index contributed by atoms with van der Waals surface area (Å²) in [4.78, 5) is 28.2. The van der Waals surface area contributed by atoms with E-state index in [1.807, 2.05) is 22.4 Å². The number of amides is 2. The van der Waals surface area contributed by atoms with Crippen molar-refractivity contribution in [2.75, 3.05) is 37.4 Å². The number of carbonyl (C=O) groups excluding carboxylic acids is 2. The van der Waals surface area contributed by atoms with Gasteiger partial charge in [0.1, 0.15) is 0 Å². The highest BCUT2D eigenvalue weighted by molar-refractivity contribution is 8.01. The van der Waals surface area contributed by atoms with E-state index in [-0.39, 0.29) is 11.8 Å². The third kappa shape index (κ3) is 4.24. The van der Waals surface area contributed by atoms with E-state index in [1.165, 1.54) is 23.1 Å². The molecule has 1 saturated carbocycles. The molecule has 2 aliphatic rings. The third-order valence-corrected chi connectivity index (χ3v) is 8.23. The Balaban J connectivity index is 1.35. The third-order valence-electron chi connectivity index (χ3n) is 5.19. The predicted octanol–water partition coefficient (Wildman–Crippen LogP) is 3.00. The molecule has 3 heterocycles. The van der Waals surface area contributed by atoms with Crippen molar-refractivity contribution in [2.45, 2.75) is 35.4 Å². The molecule has 0 bridgehead atoms. The molecule has 10 heteroatoms. The summed E-state index contributed by atoms with van der Waals surface area (Å²) in [6.45, 7) is 2.47. The first-order chi connectivity index (χ1) is 13.7. The summed E-state index contributed by atoms with van der Waals surface area (Å²) in [5, 5.41) is 13.7. The van der Waals surface area contributed by atoms with Crippen LogP contribution in [0.25, 0.3) is 0 Å². The van der Waals surface area contributed by atoms with Crippen molar-refractivity contribution in [1.82, 2.24) is 15.1 Å². The molecule has 0 spiro atoms. The highest BCUT2D eigenvalue weighted by Gasteiger charge is 2.43. The van der Waals surface area contributed by atoms with Gasteiger partial charge in [-0.3, -0.25) is 14.9 Å². The Morgan fingerprint density at radius 1 is 1.25 bits per heavy atom. The molecule has 2 amide bonds. The van der Waals surface area contributed by atoms with Crippen molar-refractivity contribution in [3.8, 4) is 0 Å². The molecular weight excluding hydrogens is 416 g/mol.